The van der Waals surface area contributed by atoms with Crippen LogP contribution in [-0.4, -0.2) is 34.5 Å². The molecule has 0 bridgehead atoms. The maximum absolute atomic E-state index is 12.8. The van der Waals surface area contributed by atoms with Crippen LogP contribution in [0.2, 0.25) is 0 Å². The summed E-state index contributed by atoms with van der Waals surface area (Å²) in [5, 5.41) is 16.0. The summed E-state index contributed by atoms with van der Waals surface area (Å²) in [7, 11) is 1.33. The van der Waals surface area contributed by atoms with Crippen molar-refractivity contribution >= 4 is 38.7 Å². The molecule has 3 aromatic rings. The lowest BCUT2D eigenvalue weighted by atomic mass is 10.2. The molecule has 3 rings (SSSR count). The monoisotopic (exact) mass is 460 g/mol. The third-order valence-corrected chi connectivity index (χ3v) is 4.54. The number of ether oxygens (including phenoxy) is 2. The quantitative estimate of drug-likeness (QED) is 0.315. The first-order chi connectivity index (χ1) is 13.8. The molecular formula is C19H17BrN4O5. The SMILES string of the molecule is CCOc1cc(C=Nn2c(C)nc3ccc(Br)cc3c2=O)cc([N+](=O)[O-])c1OC. The predicted octanol–water partition coefficient (Wildman–Crippen LogP) is 3.67. The average molecular weight is 461 g/mol. The first kappa shape index (κ1) is 20.5. The van der Waals surface area contributed by atoms with Crippen LogP contribution in [0, 0.1) is 17.0 Å². The number of hydrogen-bond acceptors (Lipinski definition) is 7. The van der Waals surface area contributed by atoms with Gasteiger partial charge in [0.1, 0.15) is 5.82 Å². The minimum Gasteiger partial charge on any atom is -0.490 e. The molecule has 10 heteroatoms. The molecule has 0 aliphatic heterocycles. The summed E-state index contributed by atoms with van der Waals surface area (Å²) in [6.07, 6.45) is 1.34. The van der Waals surface area contributed by atoms with Gasteiger partial charge in [0.25, 0.3) is 5.56 Å². The van der Waals surface area contributed by atoms with Gasteiger partial charge in [-0.25, -0.2) is 4.98 Å². The smallest absolute Gasteiger partial charge is 0.315 e. The lowest BCUT2D eigenvalue weighted by Gasteiger charge is -2.10. The maximum atomic E-state index is 12.8. The molecule has 0 atom stereocenters. The molecular weight excluding hydrogens is 444 g/mol. The van der Waals surface area contributed by atoms with Crippen LogP contribution in [-0.2, 0) is 0 Å². The second kappa shape index (κ2) is 8.39. The van der Waals surface area contributed by atoms with E-state index in [4.69, 9.17) is 9.47 Å². The first-order valence-corrected chi connectivity index (χ1v) is 9.37. The van der Waals surface area contributed by atoms with Gasteiger partial charge >= 0.3 is 5.69 Å². The molecule has 0 spiro atoms. The van der Waals surface area contributed by atoms with Gasteiger partial charge in [-0.2, -0.15) is 9.78 Å². The van der Waals surface area contributed by atoms with Crippen molar-refractivity contribution in [3.8, 4) is 11.5 Å². The normalized spacial score (nSPS) is 11.2. The van der Waals surface area contributed by atoms with Crippen molar-refractivity contribution in [1.29, 1.82) is 0 Å². The standard InChI is InChI=1S/C19H17BrN4O5/c1-4-29-17-8-12(7-16(24(26)27)18(17)28-3)10-21-23-11(2)22-15-6-5-13(20)9-14(15)19(23)25/h5-10H,4H2,1-3H3. The zero-order chi connectivity index (χ0) is 21.1. The van der Waals surface area contributed by atoms with E-state index < -0.39 is 4.92 Å². The number of fused-ring (bicyclic) bond motifs is 1. The van der Waals surface area contributed by atoms with Crippen LogP contribution in [0.4, 0.5) is 5.69 Å². The van der Waals surface area contributed by atoms with E-state index in [1.54, 1.807) is 38.1 Å². The Morgan fingerprint density at radius 2 is 2.10 bits per heavy atom. The highest BCUT2D eigenvalue weighted by atomic mass is 79.9. The molecule has 2 aromatic carbocycles. The summed E-state index contributed by atoms with van der Waals surface area (Å²) < 4.78 is 12.5. The number of hydrogen-bond donors (Lipinski definition) is 0. The van der Waals surface area contributed by atoms with Gasteiger partial charge in [-0.3, -0.25) is 14.9 Å². The summed E-state index contributed by atoms with van der Waals surface area (Å²) in [5.41, 5.74) is 0.324. The molecule has 0 aliphatic rings. The Hall–Kier alpha value is -3.27. The van der Waals surface area contributed by atoms with E-state index in [2.05, 4.69) is 26.0 Å². The fourth-order valence-electron chi connectivity index (χ4n) is 2.81. The molecule has 0 aliphatic carbocycles. The van der Waals surface area contributed by atoms with Crippen LogP contribution >= 0.6 is 15.9 Å². The molecule has 9 nitrogen and oxygen atoms in total. The van der Waals surface area contributed by atoms with Crippen LogP contribution in [0.15, 0.2) is 44.7 Å². The third-order valence-electron chi connectivity index (χ3n) is 4.05. The highest BCUT2D eigenvalue weighted by Gasteiger charge is 2.21. The maximum Gasteiger partial charge on any atom is 0.315 e. The van der Waals surface area contributed by atoms with Crippen LogP contribution < -0.4 is 15.0 Å². The molecule has 150 valence electrons. The van der Waals surface area contributed by atoms with Crippen LogP contribution in [0.1, 0.15) is 18.3 Å². The van der Waals surface area contributed by atoms with Gasteiger partial charge in [-0.15, -0.1) is 0 Å². The number of nitro groups is 1. The largest absolute Gasteiger partial charge is 0.490 e. The third kappa shape index (κ3) is 4.11. The predicted molar refractivity (Wildman–Crippen MR) is 112 cm³/mol. The molecule has 29 heavy (non-hydrogen) atoms. The fourth-order valence-corrected chi connectivity index (χ4v) is 3.17. The van der Waals surface area contributed by atoms with Crippen LogP contribution in [0.25, 0.3) is 10.9 Å². The molecule has 0 amide bonds. The van der Waals surface area contributed by atoms with Gasteiger partial charge in [-0.1, -0.05) is 15.9 Å². The van der Waals surface area contributed by atoms with Crippen molar-refractivity contribution in [2.75, 3.05) is 13.7 Å². The van der Waals surface area contributed by atoms with Gasteiger partial charge in [0.05, 0.1) is 35.8 Å². The van der Waals surface area contributed by atoms with Gasteiger partial charge in [0, 0.05) is 16.1 Å². The Kier molecular flexibility index (Phi) is 5.92. The molecule has 0 saturated carbocycles. The second-order valence-electron chi connectivity index (χ2n) is 5.94. The number of halogens is 1. The van der Waals surface area contributed by atoms with Gasteiger partial charge in [0.15, 0.2) is 5.75 Å². The number of methoxy groups -OCH3 is 1. The van der Waals surface area contributed by atoms with E-state index >= 15 is 0 Å². The molecule has 1 heterocycles. The zero-order valence-electron chi connectivity index (χ0n) is 15.9. The number of rotatable bonds is 6. The number of nitro benzene ring substituents is 1. The van der Waals surface area contributed by atoms with Crippen molar-refractivity contribution in [3.63, 3.8) is 0 Å². The number of aromatic nitrogens is 2. The van der Waals surface area contributed by atoms with E-state index in [-0.39, 0.29) is 22.7 Å². The lowest BCUT2D eigenvalue weighted by Crippen LogP contribution is -2.20. The molecule has 0 unspecified atom stereocenters. The van der Waals surface area contributed by atoms with Crippen molar-refractivity contribution in [2.45, 2.75) is 13.8 Å². The van der Waals surface area contributed by atoms with E-state index in [1.807, 2.05) is 0 Å². The molecule has 0 N–H and O–H groups in total. The first-order valence-electron chi connectivity index (χ1n) is 8.58. The Morgan fingerprint density at radius 3 is 2.76 bits per heavy atom. The van der Waals surface area contributed by atoms with E-state index in [9.17, 15) is 14.9 Å². The number of nitrogens with zero attached hydrogens (tertiary/aromatic N) is 4. The summed E-state index contributed by atoms with van der Waals surface area (Å²) in [4.78, 5) is 28.0. The minimum atomic E-state index is -0.564. The Labute approximate surface area is 173 Å². The Balaban J connectivity index is 2.12. The summed E-state index contributed by atoms with van der Waals surface area (Å²) in [6.45, 7) is 3.71. The van der Waals surface area contributed by atoms with Crippen molar-refractivity contribution in [2.24, 2.45) is 5.10 Å². The van der Waals surface area contributed by atoms with E-state index in [1.165, 1.54) is 19.4 Å². The highest BCUT2D eigenvalue weighted by molar-refractivity contribution is 9.10. The number of aryl methyl sites for hydroxylation is 1. The van der Waals surface area contributed by atoms with Gasteiger partial charge in [0.2, 0.25) is 5.75 Å². The van der Waals surface area contributed by atoms with E-state index in [0.717, 1.165) is 9.15 Å². The average Bonchev–Trinajstić information content (AvgIpc) is 2.68. The summed E-state index contributed by atoms with van der Waals surface area (Å²) in [6, 6.07) is 8.07. The summed E-state index contributed by atoms with van der Waals surface area (Å²) >= 11 is 3.34. The highest BCUT2D eigenvalue weighted by Crippen LogP contribution is 2.37. The molecule has 0 fully saturated rings. The van der Waals surface area contributed by atoms with Gasteiger partial charge < -0.3 is 9.47 Å². The molecule has 0 radical (unpaired) electrons. The van der Waals surface area contributed by atoms with Gasteiger partial charge in [-0.05, 0) is 38.1 Å². The summed E-state index contributed by atoms with van der Waals surface area (Å²) in [5.74, 6) is 0.629. The number of benzene rings is 2. The lowest BCUT2D eigenvalue weighted by molar-refractivity contribution is -0.385. The van der Waals surface area contributed by atoms with E-state index in [0.29, 0.717) is 28.9 Å². The Bertz CT molecular complexity index is 1190. The fraction of sp³-hybridized carbons (Fsp3) is 0.211. The van der Waals surface area contributed by atoms with Crippen molar-refractivity contribution in [1.82, 2.24) is 9.66 Å². The van der Waals surface area contributed by atoms with Crippen molar-refractivity contribution in [3.05, 3.63) is 66.7 Å². The van der Waals surface area contributed by atoms with Crippen molar-refractivity contribution < 1.29 is 14.4 Å². The topological polar surface area (TPSA) is 109 Å². The Morgan fingerprint density at radius 1 is 1.34 bits per heavy atom. The molecule has 0 saturated heterocycles. The molecule has 1 aromatic heterocycles. The zero-order valence-corrected chi connectivity index (χ0v) is 17.5. The second-order valence-corrected chi connectivity index (χ2v) is 6.86. The van der Waals surface area contributed by atoms with Crippen LogP contribution in [0.5, 0.6) is 11.5 Å². The van der Waals surface area contributed by atoms with Crippen LogP contribution in [0.3, 0.4) is 0 Å². The minimum absolute atomic E-state index is 0.0274.